The van der Waals surface area contributed by atoms with Gasteiger partial charge in [-0.25, -0.2) is 4.98 Å². The fourth-order valence-corrected chi connectivity index (χ4v) is 3.92. The largest absolute Gasteiger partial charge is 0.298 e. The van der Waals surface area contributed by atoms with Gasteiger partial charge >= 0.3 is 0 Å². The Kier molecular flexibility index (Phi) is 4.59. The molecule has 0 N–H and O–H groups in total. The van der Waals surface area contributed by atoms with Crippen LogP contribution in [0, 0.1) is 17.8 Å². The van der Waals surface area contributed by atoms with Crippen molar-refractivity contribution in [3.8, 4) is 11.1 Å². The van der Waals surface area contributed by atoms with E-state index in [-0.39, 0.29) is 17.3 Å². The van der Waals surface area contributed by atoms with Gasteiger partial charge in [-0.05, 0) is 69.5 Å². The highest BCUT2D eigenvalue weighted by Gasteiger charge is 2.58. The molecule has 0 bridgehead atoms. The smallest absolute Gasteiger partial charge is 0.160 e. The number of nitrogens with zero attached hydrogens (tertiary/aromatic N) is 1. The Bertz CT molecular complexity index is 928. The molecule has 1 saturated carbocycles. The van der Waals surface area contributed by atoms with E-state index in [1.807, 2.05) is 31.2 Å². The number of pyridine rings is 1. The summed E-state index contributed by atoms with van der Waals surface area (Å²) in [4.78, 5) is 43.1. The second-order valence-electron chi connectivity index (χ2n) is 8.18. The first-order valence-corrected chi connectivity index (χ1v) is 9.21. The molecule has 1 aliphatic rings. The average molecular weight is 384 g/mol. The molecule has 2 aromatic rings. The fourth-order valence-electron chi connectivity index (χ4n) is 3.81. The van der Waals surface area contributed by atoms with Gasteiger partial charge in [0.15, 0.2) is 17.3 Å². The van der Waals surface area contributed by atoms with E-state index in [9.17, 15) is 14.4 Å². The molecule has 5 heteroatoms. The van der Waals surface area contributed by atoms with Gasteiger partial charge in [0, 0.05) is 11.8 Å². The molecule has 0 radical (unpaired) electrons. The Morgan fingerprint density at radius 2 is 1.44 bits per heavy atom. The van der Waals surface area contributed by atoms with Gasteiger partial charge in [0.2, 0.25) is 0 Å². The van der Waals surface area contributed by atoms with Crippen molar-refractivity contribution in [3.63, 3.8) is 0 Å². The summed E-state index contributed by atoms with van der Waals surface area (Å²) in [7, 11) is 0. The zero-order valence-corrected chi connectivity index (χ0v) is 16.8. The summed E-state index contributed by atoms with van der Waals surface area (Å²) in [5.41, 5.74) is 0.761. The Hall–Kier alpha value is -2.33. The van der Waals surface area contributed by atoms with Crippen molar-refractivity contribution in [1.82, 2.24) is 4.98 Å². The molecule has 1 aromatic carbocycles. The summed E-state index contributed by atoms with van der Waals surface area (Å²) < 4.78 is 0. The minimum absolute atomic E-state index is 0.322. The van der Waals surface area contributed by atoms with E-state index in [2.05, 4.69) is 4.98 Å². The third-order valence-corrected chi connectivity index (χ3v) is 5.77. The molecular formula is C22H22ClNO3. The van der Waals surface area contributed by atoms with Crippen molar-refractivity contribution in [2.75, 3.05) is 0 Å². The zero-order chi connectivity index (χ0) is 20.1. The van der Waals surface area contributed by atoms with Crippen LogP contribution in [-0.4, -0.2) is 22.3 Å². The number of aryl methyl sites for hydroxylation is 1. The van der Waals surface area contributed by atoms with Gasteiger partial charge in [0.25, 0.3) is 0 Å². The van der Waals surface area contributed by atoms with Crippen LogP contribution < -0.4 is 0 Å². The standard InChI is InChI=1S/C22H22ClNO3/c1-12-6-7-13(14-8-9-16(23)24-11-14)10-15(12)17-18(25)21(2,3)20(27)22(4,5)19(17)26/h6-11,17H,1-5H3. The predicted molar refractivity (Wildman–Crippen MR) is 105 cm³/mol. The van der Waals surface area contributed by atoms with E-state index in [0.29, 0.717) is 10.7 Å². The van der Waals surface area contributed by atoms with Gasteiger partial charge in [-0.2, -0.15) is 0 Å². The van der Waals surface area contributed by atoms with Crippen molar-refractivity contribution in [1.29, 1.82) is 0 Å². The third kappa shape index (κ3) is 3.02. The molecular weight excluding hydrogens is 362 g/mol. The lowest BCUT2D eigenvalue weighted by atomic mass is 9.57. The molecule has 0 saturated heterocycles. The van der Waals surface area contributed by atoms with Gasteiger partial charge < -0.3 is 0 Å². The number of Topliss-reactive ketones (excluding diaryl/α,β-unsaturated/α-hetero) is 3. The summed E-state index contributed by atoms with van der Waals surface area (Å²) in [6.45, 7) is 8.32. The number of carbonyl (C=O) groups is 3. The normalized spacial score (nSPS) is 19.4. The molecule has 0 amide bonds. The molecule has 3 rings (SSSR count). The first kappa shape index (κ1) is 19.4. The van der Waals surface area contributed by atoms with Gasteiger partial charge in [0.05, 0.1) is 10.8 Å². The number of aromatic nitrogens is 1. The summed E-state index contributed by atoms with van der Waals surface area (Å²) in [5.74, 6) is -1.96. The number of hydrogen-bond donors (Lipinski definition) is 0. The van der Waals surface area contributed by atoms with E-state index in [1.165, 1.54) is 0 Å². The molecule has 1 aromatic heterocycles. The summed E-state index contributed by atoms with van der Waals surface area (Å²) >= 11 is 5.86. The maximum Gasteiger partial charge on any atom is 0.160 e. The molecule has 1 heterocycles. The summed E-state index contributed by atoms with van der Waals surface area (Å²) in [5, 5.41) is 0.394. The van der Waals surface area contributed by atoms with E-state index >= 15 is 0 Å². The molecule has 0 unspecified atom stereocenters. The molecule has 4 nitrogen and oxygen atoms in total. The molecule has 1 aliphatic carbocycles. The Morgan fingerprint density at radius 1 is 0.889 bits per heavy atom. The second-order valence-corrected chi connectivity index (χ2v) is 8.57. The van der Waals surface area contributed by atoms with Crippen molar-refractivity contribution in [3.05, 3.63) is 52.8 Å². The van der Waals surface area contributed by atoms with Gasteiger partial charge in [-0.1, -0.05) is 23.7 Å². The SMILES string of the molecule is Cc1ccc(-c2ccc(Cl)nc2)cc1C1C(=O)C(C)(C)C(=O)C(C)(C)C1=O. The van der Waals surface area contributed by atoms with Crippen LogP contribution in [0.1, 0.15) is 44.7 Å². The maximum atomic E-state index is 13.1. The highest BCUT2D eigenvalue weighted by Crippen LogP contribution is 2.45. The quantitative estimate of drug-likeness (QED) is 0.563. The van der Waals surface area contributed by atoms with E-state index < -0.39 is 16.7 Å². The first-order chi connectivity index (χ1) is 12.5. The second kappa shape index (κ2) is 6.38. The number of benzene rings is 1. The number of ketones is 3. The molecule has 140 valence electrons. The van der Waals surface area contributed by atoms with Crippen LogP contribution in [0.5, 0.6) is 0 Å². The first-order valence-electron chi connectivity index (χ1n) is 8.84. The van der Waals surface area contributed by atoms with Crippen LogP contribution in [0.4, 0.5) is 0 Å². The highest BCUT2D eigenvalue weighted by atomic mass is 35.5. The van der Waals surface area contributed by atoms with Crippen LogP contribution in [0.2, 0.25) is 5.15 Å². The maximum absolute atomic E-state index is 13.1. The molecule has 0 aliphatic heterocycles. The lowest BCUT2D eigenvalue weighted by molar-refractivity contribution is -0.157. The van der Waals surface area contributed by atoms with E-state index in [0.717, 1.165) is 16.7 Å². The third-order valence-electron chi connectivity index (χ3n) is 5.54. The minimum Gasteiger partial charge on any atom is -0.298 e. The topological polar surface area (TPSA) is 64.1 Å². The predicted octanol–water partition coefficient (Wildman–Crippen LogP) is 4.57. The highest BCUT2D eigenvalue weighted by molar-refractivity contribution is 6.30. The Labute approximate surface area is 164 Å². The molecule has 1 fully saturated rings. The molecule has 0 atom stereocenters. The van der Waals surface area contributed by atoms with Gasteiger partial charge in [-0.3, -0.25) is 14.4 Å². The van der Waals surface area contributed by atoms with Crippen LogP contribution in [-0.2, 0) is 14.4 Å². The lowest BCUT2D eigenvalue weighted by Crippen LogP contribution is -2.56. The Balaban J connectivity index is 2.16. The van der Waals surface area contributed by atoms with Crippen molar-refractivity contribution >= 4 is 29.0 Å². The number of carbonyl (C=O) groups excluding carboxylic acids is 3. The average Bonchev–Trinajstić information content (AvgIpc) is 2.62. The Morgan fingerprint density at radius 3 is 1.96 bits per heavy atom. The number of rotatable bonds is 2. The number of hydrogen-bond acceptors (Lipinski definition) is 4. The zero-order valence-electron chi connectivity index (χ0n) is 16.1. The van der Waals surface area contributed by atoms with Gasteiger partial charge in [0.1, 0.15) is 11.1 Å². The van der Waals surface area contributed by atoms with Crippen LogP contribution >= 0.6 is 11.6 Å². The van der Waals surface area contributed by atoms with Crippen LogP contribution in [0.15, 0.2) is 36.5 Å². The minimum atomic E-state index is -1.20. The van der Waals surface area contributed by atoms with Crippen LogP contribution in [0.3, 0.4) is 0 Å². The fraction of sp³-hybridized carbons (Fsp3) is 0.364. The molecule has 27 heavy (non-hydrogen) atoms. The monoisotopic (exact) mass is 383 g/mol. The van der Waals surface area contributed by atoms with E-state index in [1.54, 1.807) is 40.0 Å². The van der Waals surface area contributed by atoms with Crippen molar-refractivity contribution in [2.24, 2.45) is 10.8 Å². The molecule has 0 spiro atoms. The van der Waals surface area contributed by atoms with E-state index in [4.69, 9.17) is 11.6 Å². The summed E-state index contributed by atoms with van der Waals surface area (Å²) in [6.07, 6.45) is 1.65. The van der Waals surface area contributed by atoms with Gasteiger partial charge in [-0.15, -0.1) is 0 Å². The lowest BCUT2D eigenvalue weighted by Gasteiger charge is -2.41. The summed E-state index contributed by atoms with van der Waals surface area (Å²) in [6, 6.07) is 9.19. The van der Waals surface area contributed by atoms with Crippen molar-refractivity contribution in [2.45, 2.75) is 40.5 Å². The number of halogens is 1. The van der Waals surface area contributed by atoms with Crippen LogP contribution in [0.25, 0.3) is 11.1 Å². The van der Waals surface area contributed by atoms with Crippen molar-refractivity contribution < 1.29 is 14.4 Å².